The van der Waals surface area contributed by atoms with Crippen molar-refractivity contribution in [1.82, 2.24) is 0 Å². The second-order valence-corrected chi connectivity index (χ2v) is 6.24. The van der Waals surface area contributed by atoms with E-state index in [0.717, 1.165) is 34.4 Å². The van der Waals surface area contributed by atoms with Crippen molar-refractivity contribution in [3.05, 3.63) is 33.8 Å². The molecule has 0 saturated carbocycles. The van der Waals surface area contributed by atoms with E-state index in [1.54, 1.807) is 0 Å². The van der Waals surface area contributed by atoms with E-state index in [1.165, 1.54) is 5.56 Å². The fraction of sp³-hybridized carbons (Fsp3) is 0.500. The van der Waals surface area contributed by atoms with Gasteiger partial charge >= 0.3 is 0 Å². The van der Waals surface area contributed by atoms with Gasteiger partial charge in [0.2, 0.25) is 0 Å². The lowest BCUT2D eigenvalue weighted by molar-refractivity contribution is 0.0275. The van der Waals surface area contributed by atoms with Crippen molar-refractivity contribution < 1.29 is 5.11 Å². The van der Waals surface area contributed by atoms with Crippen LogP contribution in [0.5, 0.6) is 0 Å². The van der Waals surface area contributed by atoms with Crippen molar-refractivity contribution in [3.63, 3.8) is 0 Å². The molecule has 1 heterocycles. The molecule has 15 heavy (non-hydrogen) atoms. The van der Waals surface area contributed by atoms with Crippen molar-refractivity contribution in [1.29, 1.82) is 0 Å². The van der Waals surface area contributed by atoms with Gasteiger partial charge in [0.1, 0.15) is 0 Å². The molecule has 1 nitrogen and oxygen atoms in total. The molecule has 1 N–H and O–H groups in total. The normalized spacial score (nSPS) is 20.2. The molecule has 0 amide bonds. The molecular weight excluding hydrogens is 272 g/mol. The first kappa shape index (κ1) is 11.5. The molecule has 0 radical (unpaired) electrons. The lowest BCUT2D eigenvalue weighted by atomic mass is 9.85. The summed E-state index contributed by atoms with van der Waals surface area (Å²) in [6.45, 7) is 2.07. The number of hydrogen-bond donors (Lipinski definition) is 1. The minimum Gasteiger partial charge on any atom is -0.385 e. The van der Waals surface area contributed by atoms with Crippen LogP contribution in [0.1, 0.15) is 24.0 Å². The summed E-state index contributed by atoms with van der Waals surface area (Å²) in [5, 5.41) is 10.6. The van der Waals surface area contributed by atoms with Gasteiger partial charge in [0.05, 0.1) is 5.60 Å². The molecule has 0 unspecified atom stereocenters. The van der Waals surface area contributed by atoms with Gasteiger partial charge in [-0.05, 0) is 54.5 Å². The molecular formula is C12H15BrOS. The van der Waals surface area contributed by atoms with Crippen molar-refractivity contribution in [3.8, 4) is 0 Å². The van der Waals surface area contributed by atoms with E-state index < -0.39 is 5.60 Å². The largest absolute Gasteiger partial charge is 0.385 e. The second-order valence-electron chi connectivity index (χ2n) is 4.10. The Morgan fingerprint density at radius 3 is 2.60 bits per heavy atom. The third-order valence-corrected chi connectivity index (χ3v) is 4.49. The van der Waals surface area contributed by atoms with E-state index in [2.05, 4.69) is 35.0 Å². The quantitative estimate of drug-likeness (QED) is 0.853. The third-order valence-electron chi connectivity index (χ3n) is 3.01. The highest BCUT2D eigenvalue weighted by molar-refractivity contribution is 9.10. The van der Waals surface area contributed by atoms with Crippen molar-refractivity contribution >= 4 is 27.7 Å². The maximum Gasteiger partial charge on any atom is 0.0914 e. The Labute approximate surface area is 103 Å². The van der Waals surface area contributed by atoms with Crippen molar-refractivity contribution in [2.45, 2.75) is 25.4 Å². The zero-order valence-corrected chi connectivity index (χ0v) is 11.2. The second kappa shape index (κ2) is 4.48. The first-order chi connectivity index (χ1) is 7.12. The minimum absolute atomic E-state index is 0.587. The molecule has 1 aliphatic heterocycles. The van der Waals surface area contributed by atoms with Crippen LogP contribution in [0.3, 0.4) is 0 Å². The Balaban J connectivity index is 2.35. The van der Waals surface area contributed by atoms with Crippen molar-refractivity contribution in [2.75, 3.05) is 11.5 Å². The van der Waals surface area contributed by atoms with E-state index in [1.807, 2.05) is 17.8 Å². The van der Waals surface area contributed by atoms with Gasteiger partial charge in [-0.2, -0.15) is 11.8 Å². The van der Waals surface area contributed by atoms with Crippen LogP contribution in [0, 0.1) is 6.92 Å². The smallest absolute Gasteiger partial charge is 0.0914 e. The maximum absolute atomic E-state index is 10.6. The van der Waals surface area contributed by atoms with Gasteiger partial charge in [0, 0.05) is 4.47 Å². The van der Waals surface area contributed by atoms with E-state index in [4.69, 9.17) is 0 Å². The summed E-state index contributed by atoms with van der Waals surface area (Å²) >= 11 is 5.38. The monoisotopic (exact) mass is 286 g/mol. The number of thioether (sulfide) groups is 1. The molecule has 1 aromatic carbocycles. The number of aryl methyl sites for hydroxylation is 1. The summed E-state index contributed by atoms with van der Waals surface area (Å²) in [4.78, 5) is 0. The molecule has 82 valence electrons. The Hall–Kier alpha value is 0.01000. The van der Waals surface area contributed by atoms with Crippen LogP contribution in [0.4, 0.5) is 0 Å². The summed E-state index contributed by atoms with van der Waals surface area (Å²) in [6, 6.07) is 6.15. The molecule has 1 saturated heterocycles. The Kier molecular flexibility index (Phi) is 3.43. The van der Waals surface area contributed by atoms with Gasteiger partial charge < -0.3 is 5.11 Å². The highest BCUT2D eigenvalue weighted by Crippen LogP contribution is 2.37. The SMILES string of the molecule is Cc1cc(Br)ccc1C1(O)CCSCC1. The summed E-state index contributed by atoms with van der Waals surface area (Å²) < 4.78 is 1.08. The standard InChI is InChI=1S/C12H15BrOS/c1-9-8-10(13)2-3-11(9)12(14)4-6-15-7-5-12/h2-3,8,14H,4-7H2,1H3. The van der Waals surface area contributed by atoms with Gasteiger partial charge in [-0.25, -0.2) is 0 Å². The summed E-state index contributed by atoms with van der Waals surface area (Å²) in [7, 11) is 0. The lowest BCUT2D eigenvalue weighted by Gasteiger charge is -2.33. The molecule has 3 heteroatoms. The first-order valence-electron chi connectivity index (χ1n) is 5.19. The average Bonchev–Trinajstić information content (AvgIpc) is 2.18. The van der Waals surface area contributed by atoms with E-state index in [-0.39, 0.29) is 0 Å². The van der Waals surface area contributed by atoms with E-state index in [0.29, 0.717) is 0 Å². The van der Waals surface area contributed by atoms with Crippen LogP contribution < -0.4 is 0 Å². The number of hydrogen-bond acceptors (Lipinski definition) is 2. The zero-order chi connectivity index (χ0) is 10.9. The van der Waals surface area contributed by atoms with Crippen LogP contribution in [0.2, 0.25) is 0 Å². The minimum atomic E-state index is -0.587. The Morgan fingerprint density at radius 1 is 1.33 bits per heavy atom. The molecule has 1 aromatic rings. The molecule has 0 spiro atoms. The van der Waals surface area contributed by atoms with Gasteiger partial charge in [-0.1, -0.05) is 22.0 Å². The first-order valence-corrected chi connectivity index (χ1v) is 7.13. The predicted octanol–water partition coefficient (Wildman–Crippen LogP) is 3.47. The van der Waals surface area contributed by atoms with Crippen LogP contribution in [0.25, 0.3) is 0 Å². The van der Waals surface area contributed by atoms with Gasteiger partial charge in [-0.15, -0.1) is 0 Å². The molecule has 1 aliphatic rings. The number of halogens is 1. The molecule has 2 rings (SSSR count). The predicted molar refractivity (Wildman–Crippen MR) is 69.3 cm³/mol. The lowest BCUT2D eigenvalue weighted by Crippen LogP contribution is -2.31. The summed E-state index contributed by atoms with van der Waals surface area (Å²) in [6.07, 6.45) is 1.75. The van der Waals surface area contributed by atoms with E-state index >= 15 is 0 Å². The molecule has 0 bridgehead atoms. The fourth-order valence-corrected chi connectivity index (χ4v) is 3.77. The van der Waals surface area contributed by atoms with Crippen LogP contribution in [0.15, 0.2) is 22.7 Å². The number of benzene rings is 1. The highest BCUT2D eigenvalue weighted by Gasteiger charge is 2.32. The summed E-state index contributed by atoms with van der Waals surface area (Å²) in [5.74, 6) is 2.12. The molecule has 0 atom stereocenters. The summed E-state index contributed by atoms with van der Waals surface area (Å²) in [5.41, 5.74) is 1.69. The topological polar surface area (TPSA) is 20.2 Å². The maximum atomic E-state index is 10.6. The number of rotatable bonds is 1. The Bertz CT molecular complexity index is 359. The van der Waals surface area contributed by atoms with E-state index in [9.17, 15) is 5.11 Å². The van der Waals surface area contributed by atoms with Gasteiger partial charge in [0.25, 0.3) is 0 Å². The zero-order valence-electron chi connectivity index (χ0n) is 8.79. The third kappa shape index (κ3) is 2.40. The van der Waals surface area contributed by atoms with Crippen molar-refractivity contribution in [2.24, 2.45) is 0 Å². The molecule has 0 aromatic heterocycles. The average molecular weight is 287 g/mol. The molecule has 0 aliphatic carbocycles. The van der Waals surface area contributed by atoms with Crippen LogP contribution >= 0.6 is 27.7 Å². The highest BCUT2D eigenvalue weighted by atomic mass is 79.9. The number of aliphatic hydroxyl groups is 1. The van der Waals surface area contributed by atoms with Gasteiger partial charge in [0.15, 0.2) is 0 Å². The van der Waals surface area contributed by atoms with Gasteiger partial charge in [-0.3, -0.25) is 0 Å². The Morgan fingerprint density at radius 2 is 2.00 bits per heavy atom. The van der Waals surface area contributed by atoms with Crippen LogP contribution in [-0.2, 0) is 5.60 Å². The molecule has 1 fully saturated rings. The van der Waals surface area contributed by atoms with Crippen LogP contribution in [-0.4, -0.2) is 16.6 Å². The fourth-order valence-electron chi connectivity index (χ4n) is 2.13.